The van der Waals surface area contributed by atoms with Gasteiger partial charge in [0.15, 0.2) is 0 Å². The van der Waals surface area contributed by atoms with Crippen molar-refractivity contribution >= 4 is 0 Å². The Morgan fingerprint density at radius 3 is 2.12 bits per heavy atom. The summed E-state index contributed by atoms with van der Waals surface area (Å²) in [4.78, 5) is 0. The fourth-order valence-electron chi connectivity index (χ4n) is 2.96. The molecule has 0 amide bonds. The number of hydrogen-bond donors (Lipinski definition) is 2. The highest BCUT2D eigenvalue weighted by molar-refractivity contribution is 5.40. The van der Waals surface area contributed by atoms with Crippen LogP contribution in [-0.4, -0.2) is 10.2 Å². The molecular weight excluding hydrogens is 320 g/mol. The number of benzene rings is 2. The van der Waals surface area contributed by atoms with Gasteiger partial charge in [-0.1, -0.05) is 47.6 Å². The summed E-state index contributed by atoms with van der Waals surface area (Å²) in [6.45, 7) is 8.31. The van der Waals surface area contributed by atoms with Crippen LogP contribution < -0.4 is 0 Å². The summed E-state index contributed by atoms with van der Waals surface area (Å²) >= 11 is 0. The van der Waals surface area contributed by atoms with Gasteiger partial charge >= 0.3 is 0 Å². The monoisotopic (exact) mass is 350 g/mol. The maximum absolute atomic E-state index is 9.99. The van der Waals surface area contributed by atoms with Gasteiger partial charge in [0.1, 0.15) is 11.5 Å². The molecule has 0 radical (unpaired) electrons. The molecule has 0 aliphatic rings. The Hall–Kier alpha value is -2.48. The lowest BCUT2D eigenvalue weighted by molar-refractivity contribution is 0.468. The van der Waals surface area contributed by atoms with Gasteiger partial charge in [-0.25, -0.2) is 0 Å². The third-order valence-corrected chi connectivity index (χ3v) is 4.87. The SMILES string of the molecule is C/C(=C\Cc1ccc(C)cc1O)CC/C(C)=C/Cc1c(C)cccc1O. The quantitative estimate of drug-likeness (QED) is 0.586. The molecule has 26 heavy (non-hydrogen) atoms. The molecule has 0 aromatic heterocycles. The minimum Gasteiger partial charge on any atom is -0.508 e. The van der Waals surface area contributed by atoms with Crippen molar-refractivity contribution in [1.29, 1.82) is 0 Å². The van der Waals surface area contributed by atoms with Crippen LogP contribution in [0.1, 0.15) is 48.9 Å². The third kappa shape index (κ3) is 5.80. The minimum atomic E-state index is 0.378. The van der Waals surface area contributed by atoms with Gasteiger partial charge in [-0.15, -0.1) is 0 Å². The van der Waals surface area contributed by atoms with Crippen LogP contribution in [0.5, 0.6) is 11.5 Å². The first kappa shape index (κ1) is 19.8. The van der Waals surface area contributed by atoms with Crippen LogP contribution in [-0.2, 0) is 12.8 Å². The Kier molecular flexibility index (Phi) is 7.08. The number of aromatic hydroxyl groups is 2. The van der Waals surface area contributed by atoms with Crippen molar-refractivity contribution in [3.8, 4) is 11.5 Å². The van der Waals surface area contributed by atoms with Crippen LogP contribution in [0.3, 0.4) is 0 Å². The number of rotatable bonds is 7. The number of hydrogen-bond acceptors (Lipinski definition) is 2. The largest absolute Gasteiger partial charge is 0.508 e. The minimum absolute atomic E-state index is 0.378. The van der Waals surface area contributed by atoms with E-state index in [9.17, 15) is 10.2 Å². The molecule has 138 valence electrons. The molecule has 0 aliphatic carbocycles. The molecule has 0 fully saturated rings. The number of phenolic OH excluding ortho intramolecular Hbond substituents is 2. The fourth-order valence-corrected chi connectivity index (χ4v) is 2.96. The van der Waals surface area contributed by atoms with Gasteiger partial charge in [-0.05, 0) is 82.2 Å². The average Bonchev–Trinajstić information content (AvgIpc) is 2.58. The smallest absolute Gasteiger partial charge is 0.119 e. The third-order valence-electron chi connectivity index (χ3n) is 4.87. The Bertz CT molecular complexity index is 793. The van der Waals surface area contributed by atoms with Crippen LogP contribution in [0, 0.1) is 13.8 Å². The molecule has 0 saturated heterocycles. The first-order valence-electron chi connectivity index (χ1n) is 9.24. The van der Waals surface area contributed by atoms with Gasteiger partial charge in [-0.3, -0.25) is 0 Å². The van der Waals surface area contributed by atoms with Crippen molar-refractivity contribution in [2.45, 2.75) is 53.4 Å². The van der Waals surface area contributed by atoms with E-state index in [4.69, 9.17) is 0 Å². The van der Waals surface area contributed by atoms with Gasteiger partial charge < -0.3 is 10.2 Å². The summed E-state index contributed by atoms with van der Waals surface area (Å²) in [5.41, 5.74) is 6.84. The second kappa shape index (κ2) is 9.28. The molecule has 2 aromatic carbocycles. The first-order valence-corrected chi connectivity index (χ1v) is 9.24. The molecule has 0 unspecified atom stereocenters. The molecule has 2 N–H and O–H groups in total. The summed E-state index contributed by atoms with van der Waals surface area (Å²) in [6.07, 6.45) is 7.96. The summed E-state index contributed by atoms with van der Waals surface area (Å²) in [7, 11) is 0. The second-order valence-electron chi connectivity index (χ2n) is 7.21. The van der Waals surface area contributed by atoms with Crippen LogP contribution in [0.2, 0.25) is 0 Å². The van der Waals surface area contributed by atoms with E-state index in [0.29, 0.717) is 11.5 Å². The van der Waals surface area contributed by atoms with Crippen molar-refractivity contribution in [1.82, 2.24) is 0 Å². The van der Waals surface area contributed by atoms with Crippen molar-refractivity contribution in [3.05, 3.63) is 82.0 Å². The topological polar surface area (TPSA) is 40.5 Å². The number of aryl methyl sites for hydroxylation is 2. The van der Waals surface area contributed by atoms with Crippen LogP contribution in [0.15, 0.2) is 59.7 Å². The molecule has 2 nitrogen and oxygen atoms in total. The maximum Gasteiger partial charge on any atom is 0.119 e. The highest BCUT2D eigenvalue weighted by atomic mass is 16.3. The van der Waals surface area contributed by atoms with E-state index in [1.54, 1.807) is 6.07 Å². The zero-order chi connectivity index (χ0) is 19.1. The molecule has 0 aliphatic heterocycles. The summed E-state index contributed by atoms with van der Waals surface area (Å²) in [6, 6.07) is 11.5. The van der Waals surface area contributed by atoms with Gasteiger partial charge in [0, 0.05) is 5.56 Å². The molecule has 2 aromatic rings. The van der Waals surface area contributed by atoms with Crippen LogP contribution in [0.4, 0.5) is 0 Å². The van der Waals surface area contributed by atoms with Crippen molar-refractivity contribution < 1.29 is 10.2 Å². The fraction of sp³-hybridized carbons (Fsp3) is 0.333. The zero-order valence-electron chi connectivity index (χ0n) is 16.3. The Balaban J connectivity index is 1.88. The summed E-state index contributed by atoms with van der Waals surface area (Å²) in [5, 5.41) is 20.0. The van der Waals surface area contributed by atoms with Crippen molar-refractivity contribution in [3.63, 3.8) is 0 Å². The van der Waals surface area contributed by atoms with E-state index in [2.05, 4.69) is 26.0 Å². The van der Waals surface area contributed by atoms with E-state index in [-0.39, 0.29) is 0 Å². The second-order valence-corrected chi connectivity index (χ2v) is 7.21. The normalized spacial score (nSPS) is 12.5. The van der Waals surface area contributed by atoms with E-state index < -0.39 is 0 Å². The summed E-state index contributed by atoms with van der Waals surface area (Å²) in [5.74, 6) is 0.756. The summed E-state index contributed by atoms with van der Waals surface area (Å²) < 4.78 is 0. The van der Waals surface area contributed by atoms with Crippen LogP contribution >= 0.6 is 0 Å². The van der Waals surface area contributed by atoms with E-state index >= 15 is 0 Å². The van der Waals surface area contributed by atoms with Crippen LogP contribution in [0.25, 0.3) is 0 Å². The number of phenols is 2. The van der Waals surface area contributed by atoms with E-state index in [1.807, 2.05) is 44.2 Å². The molecule has 2 rings (SSSR count). The van der Waals surface area contributed by atoms with Gasteiger partial charge in [0.05, 0.1) is 0 Å². The lowest BCUT2D eigenvalue weighted by atomic mass is 10.00. The first-order chi connectivity index (χ1) is 12.4. The molecule has 0 atom stereocenters. The lowest BCUT2D eigenvalue weighted by Crippen LogP contribution is -1.90. The predicted octanol–water partition coefficient (Wildman–Crippen LogP) is 6.17. The molecule has 0 spiro atoms. The average molecular weight is 351 g/mol. The van der Waals surface area contributed by atoms with Gasteiger partial charge in [0.25, 0.3) is 0 Å². The molecule has 0 heterocycles. The molecule has 0 saturated carbocycles. The van der Waals surface area contributed by atoms with Gasteiger partial charge in [0.2, 0.25) is 0 Å². The lowest BCUT2D eigenvalue weighted by Gasteiger charge is -2.07. The predicted molar refractivity (Wildman–Crippen MR) is 110 cm³/mol. The van der Waals surface area contributed by atoms with E-state index in [0.717, 1.165) is 47.9 Å². The van der Waals surface area contributed by atoms with Crippen molar-refractivity contribution in [2.75, 3.05) is 0 Å². The maximum atomic E-state index is 9.99. The molecule has 2 heteroatoms. The standard InChI is InChI=1S/C24H30O2/c1-17(10-13-21-14-11-19(3)16-24(21)26)8-9-18(2)12-15-22-20(4)6-5-7-23(22)25/h5-7,10-12,14,16,25-26H,8-9,13,15H2,1-4H3/b17-10+,18-12+. The highest BCUT2D eigenvalue weighted by Gasteiger charge is 2.03. The Labute approximate surface area is 157 Å². The van der Waals surface area contributed by atoms with E-state index in [1.165, 1.54) is 11.1 Å². The molecule has 0 bridgehead atoms. The van der Waals surface area contributed by atoms with Crippen molar-refractivity contribution in [2.24, 2.45) is 0 Å². The highest BCUT2D eigenvalue weighted by Crippen LogP contribution is 2.23. The Morgan fingerprint density at radius 2 is 1.50 bits per heavy atom. The number of allylic oxidation sites excluding steroid dienone is 4. The zero-order valence-corrected chi connectivity index (χ0v) is 16.3. The van der Waals surface area contributed by atoms with Gasteiger partial charge in [-0.2, -0.15) is 0 Å². The Morgan fingerprint density at radius 1 is 0.846 bits per heavy atom. The molecular formula is C24H30O2.